The lowest BCUT2D eigenvalue weighted by Gasteiger charge is -2.45. The highest BCUT2D eigenvalue weighted by Crippen LogP contribution is 2.42. The Morgan fingerprint density at radius 1 is 0.655 bits per heavy atom. The van der Waals surface area contributed by atoms with Crippen LogP contribution in [0.3, 0.4) is 0 Å². The maximum atomic E-state index is 12.9. The molecule has 3 rings (SSSR count). The molecule has 0 spiro atoms. The fraction of sp³-hybridized carbons (Fsp3) is 0.231. The molecule has 0 saturated heterocycles. The van der Waals surface area contributed by atoms with E-state index in [9.17, 15) is 4.79 Å². The Labute approximate surface area is 177 Å². The van der Waals surface area contributed by atoms with Gasteiger partial charge < -0.3 is 0 Å². The largest absolute Gasteiger partial charge is 0.234 e. The molecule has 3 heteroatoms. The maximum absolute atomic E-state index is 12.9. The highest BCUT2D eigenvalue weighted by atomic mass is 28.4. The van der Waals surface area contributed by atoms with Crippen molar-refractivity contribution in [3.05, 3.63) is 95.8 Å². The molecule has 0 atom stereocenters. The van der Waals surface area contributed by atoms with Crippen LogP contribution in [0, 0.1) is 0 Å². The average Bonchev–Trinajstić information content (AvgIpc) is 2.73. The number of benzene rings is 3. The maximum Gasteiger partial charge on any atom is 0.183 e. The summed E-state index contributed by atoms with van der Waals surface area (Å²) in [6, 6.07) is 31.9. The Balaban J connectivity index is 2.52. The van der Waals surface area contributed by atoms with Gasteiger partial charge in [0, 0.05) is 4.82 Å². The molecule has 0 fully saturated rings. The molecule has 0 bridgehead atoms. The first-order valence-electron chi connectivity index (χ1n) is 10.2. The van der Waals surface area contributed by atoms with Crippen molar-refractivity contribution >= 4 is 37.6 Å². The quantitative estimate of drug-likeness (QED) is 0.341. The number of rotatable bonds is 5. The summed E-state index contributed by atoms with van der Waals surface area (Å²) in [6.45, 7) is 11.5. The Bertz CT molecular complexity index is 900. The summed E-state index contributed by atoms with van der Waals surface area (Å²) >= 11 is 0. The molecule has 0 aliphatic carbocycles. The summed E-state index contributed by atoms with van der Waals surface area (Å²) in [5.74, 6) is 2.58. The third-order valence-corrected chi connectivity index (χ3v) is 19.1. The molecule has 0 saturated carbocycles. The van der Waals surface area contributed by atoms with Gasteiger partial charge in [0.1, 0.15) is 5.94 Å². The molecular weight excluding hydrogens is 384 g/mol. The monoisotopic (exact) mass is 414 g/mol. The number of carbonyl (C=O) groups excluding carboxylic acids is 1. The van der Waals surface area contributed by atoms with Crippen LogP contribution in [0.2, 0.25) is 18.1 Å². The van der Waals surface area contributed by atoms with Crippen molar-refractivity contribution in [3.8, 4) is 0 Å². The summed E-state index contributed by atoms with van der Waals surface area (Å²) in [7, 11) is -4.91. The first kappa shape index (κ1) is 21.3. The predicted molar refractivity (Wildman–Crippen MR) is 130 cm³/mol. The second kappa shape index (κ2) is 8.12. The third kappa shape index (κ3) is 3.62. The SMILES string of the molecule is CC(C)(C)[Si](C)(C)C(=C=O)[Si](c1ccccc1)(c1ccccc1)c1ccccc1. The van der Waals surface area contributed by atoms with Gasteiger partial charge in [0.05, 0.1) is 8.07 Å². The highest BCUT2D eigenvalue weighted by Gasteiger charge is 2.53. The molecule has 0 N–H and O–H groups in total. The van der Waals surface area contributed by atoms with E-state index in [4.69, 9.17) is 0 Å². The molecule has 0 aliphatic heterocycles. The zero-order chi connectivity index (χ0) is 21.1. The van der Waals surface area contributed by atoms with E-state index in [2.05, 4.69) is 131 Å². The van der Waals surface area contributed by atoms with Crippen molar-refractivity contribution in [1.29, 1.82) is 0 Å². The Morgan fingerprint density at radius 3 is 1.21 bits per heavy atom. The first-order chi connectivity index (χ1) is 13.8. The molecule has 3 aromatic rings. The van der Waals surface area contributed by atoms with Crippen LogP contribution in [0.1, 0.15) is 20.8 Å². The van der Waals surface area contributed by atoms with E-state index in [0.29, 0.717) is 0 Å². The topological polar surface area (TPSA) is 17.1 Å². The minimum atomic E-state index is -2.74. The molecule has 0 radical (unpaired) electrons. The average molecular weight is 415 g/mol. The number of hydrogen-bond donors (Lipinski definition) is 0. The summed E-state index contributed by atoms with van der Waals surface area (Å²) in [6.07, 6.45) is 0. The van der Waals surface area contributed by atoms with E-state index in [0.717, 1.165) is 4.82 Å². The third-order valence-electron chi connectivity index (χ3n) is 6.60. The van der Waals surface area contributed by atoms with Gasteiger partial charge in [-0.1, -0.05) is 125 Å². The van der Waals surface area contributed by atoms with Gasteiger partial charge in [-0.2, -0.15) is 0 Å². The Morgan fingerprint density at radius 2 is 0.966 bits per heavy atom. The van der Waals surface area contributed by atoms with Gasteiger partial charge >= 0.3 is 0 Å². The smallest absolute Gasteiger partial charge is 0.183 e. The fourth-order valence-corrected chi connectivity index (χ4v) is 15.3. The molecule has 0 aliphatic rings. The minimum absolute atomic E-state index is 0.0380. The van der Waals surface area contributed by atoms with Gasteiger partial charge in [0.2, 0.25) is 0 Å². The molecule has 1 nitrogen and oxygen atoms in total. The normalized spacial score (nSPS) is 12.3. The zero-order valence-corrected chi connectivity index (χ0v) is 20.1. The summed E-state index contributed by atoms with van der Waals surface area (Å²) in [4.78, 5) is 13.9. The van der Waals surface area contributed by atoms with Crippen LogP contribution in [-0.2, 0) is 4.79 Å². The van der Waals surface area contributed by atoms with Gasteiger partial charge in [-0.25, -0.2) is 4.79 Å². The minimum Gasteiger partial charge on any atom is -0.234 e. The van der Waals surface area contributed by atoms with Crippen molar-refractivity contribution in [2.75, 3.05) is 0 Å². The van der Waals surface area contributed by atoms with E-state index < -0.39 is 16.1 Å². The van der Waals surface area contributed by atoms with Crippen LogP contribution in [0.15, 0.2) is 95.8 Å². The number of hydrogen-bond acceptors (Lipinski definition) is 1. The molecule has 0 heterocycles. The van der Waals surface area contributed by atoms with Crippen LogP contribution < -0.4 is 15.6 Å². The van der Waals surface area contributed by atoms with E-state index in [-0.39, 0.29) is 5.04 Å². The Hall–Kier alpha value is -2.46. The van der Waals surface area contributed by atoms with E-state index in [1.807, 2.05) is 0 Å². The lowest BCUT2D eigenvalue weighted by Crippen LogP contribution is -2.73. The van der Waals surface area contributed by atoms with Crippen LogP contribution in [0.25, 0.3) is 0 Å². The van der Waals surface area contributed by atoms with E-state index in [1.54, 1.807) is 0 Å². The van der Waals surface area contributed by atoms with Crippen LogP contribution in [-0.4, -0.2) is 22.1 Å². The predicted octanol–water partition coefficient (Wildman–Crippen LogP) is 4.50. The van der Waals surface area contributed by atoms with Gasteiger partial charge in [0.25, 0.3) is 0 Å². The summed E-state index contributed by atoms with van der Waals surface area (Å²) < 4.78 is 0. The zero-order valence-electron chi connectivity index (χ0n) is 18.1. The summed E-state index contributed by atoms with van der Waals surface area (Å²) in [5, 5.41) is 3.79. The van der Waals surface area contributed by atoms with Crippen molar-refractivity contribution in [1.82, 2.24) is 0 Å². The van der Waals surface area contributed by atoms with E-state index in [1.165, 1.54) is 15.6 Å². The fourth-order valence-electron chi connectivity index (χ4n) is 4.05. The van der Waals surface area contributed by atoms with Crippen LogP contribution in [0.5, 0.6) is 0 Å². The van der Waals surface area contributed by atoms with Crippen molar-refractivity contribution in [2.45, 2.75) is 38.9 Å². The van der Waals surface area contributed by atoms with Crippen LogP contribution in [0.4, 0.5) is 0 Å². The lowest BCUT2D eigenvalue weighted by molar-refractivity contribution is 0.568. The molecule has 0 aromatic heterocycles. The van der Waals surface area contributed by atoms with E-state index >= 15 is 0 Å². The molecule has 29 heavy (non-hydrogen) atoms. The standard InChI is InChI=1S/C26H30OSi2/c1-26(2,3)28(4,5)25(21-27)29(22-15-9-6-10-16-22,23-17-11-7-12-18-23)24-19-13-8-14-20-24/h6-20H,1-5H3. The summed E-state index contributed by atoms with van der Waals surface area (Å²) in [5.41, 5.74) is 0. The van der Waals surface area contributed by atoms with Gasteiger partial charge in [0.15, 0.2) is 8.07 Å². The lowest BCUT2D eigenvalue weighted by atomic mass is 10.2. The van der Waals surface area contributed by atoms with Gasteiger partial charge in [-0.15, -0.1) is 0 Å². The highest BCUT2D eigenvalue weighted by molar-refractivity contribution is 7.26. The van der Waals surface area contributed by atoms with Gasteiger partial charge in [-0.3, -0.25) is 0 Å². The second-order valence-corrected chi connectivity index (χ2v) is 18.7. The molecule has 0 unspecified atom stereocenters. The Kier molecular flexibility index (Phi) is 5.95. The first-order valence-corrected chi connectivity index (χ1v) is 15.2. The van der Waals surface area contributed by atoms with Gasteiger partial charge in [-0.05, 0) is 20.6 Å². The molecule has 0 amide bonds. The van der Waals surface area contributed by atoms with Crippen molar-refractivity contribution in [3.63, 3.8) is 0 Å². The molecular formula is C26H30OSi2. The van der Waals surface area contributed by atoms with Crippen molar-refractivity contribution < 1.29 is 4.79 Å². The second-order valence-electron chi connectivity index (χ2n) is 9.20. The van der Waals surface area contributed by atoms with Crippen LogP contribution >= 0.6 is 0 Å². The van der Waals surface area contributed by atoms with Crippen molar-refractivity contribution in [2.24, 2.45) is 0 Å². The molecule has 148 valence electrons. The molecule has 3 aromatic carbocycles.